The summed E-state index contributed by atoms with van der Waals surface area (Å²) < 4.78 is 8.81. The van der Waals surface area contributed by atoms with Crippen molar-refractivity contribution in [2.45, 2.75) is 0 Å². The van der Waals surface area contributed by atoms with E-state index in [0.717, 1.165) is 50.2 Å². The molecule has 0 atom stereocenters. The van der Waals surface area contributed by atoms with Gasteiger partial charge in [-0.3, -0.25) is 0 Å². The number of benzene rings is 7. The molecule has 0 saturated heterocycles. The highest BCUT2D eigenvalue weighted by atomic mass is 16.3. The monoisotopic (exact) mass is 576 g/mol. The van der Waals surface area contributed by atoms with Gasteiger partial charge in [0, 0.05) is 44.7 Å². The van der Waals surface area contributed by atoms with Crippen LogP contribution in [-0.2, 0) is 0 Å². The number of para-hydroxylation sites is 4. The number of nitrogens with zero attached hydrogens (tertiary/aromatic N) is 2. The van der Waals surface area contributed by atoms with Gasteiger partial charge in [0.05, 0.1) is 16.7 Å². The molecule has 7 aromatic carbocycles. The highest BCUT2D eigenvalue weighted by molar-refractivity contribution is 6.20. The molecular formula is C42H28N2O. The van der Waals surface area contributed by atoms with Gasteiger partial charge in [-0.15, -0.1) is 0 Å². The van der Waals surface area contributed by atoms with Crippen molar-refractivity contribution < 1.29 is 4.42 Å². The summed E-state index contributed by atoms with van der Waals surface area (Å²) in [7, 11) is 0. The summed E-state index contributed by atoms with van der Waals surface area (Å²) in [5, 5.41) is 4.69. The van der Waals surface area contributed by atoms with E-state index < -0.39 is 0 Å². The molecule has 9 aromatic rings. The highest BCUT2D eigenvalue weighted by Gasteiger charge is 2.24. The molecule has 0 spiro atoms. The minimum absolute atomic E-state index is 0.871. The van der Waals surface area contributed by atoms with E-state index in [2.05, 4.69) is 167 Å². The van der Waals surface area contributed by atoms with Crippen molar-refractivity contribution >= 4 is 60.8 Å². The van der Waals surface area contributed by atoms with Gasteiger partial charge in [-0.2, -0.15) is 0 Å². The van der Waals surface area contributed by atoms with Gasteiger partial charge in [-0.25, -0.2) is 0 Å². The van der Waals surface area contributed by atoms with Gasteiger partial charge in [0.2, 0.25) is 0 Å². The Bertz CT molecular complexity index is 2470. The van der Waals surface area contributed by atoms with Gasteiger partial charge in [-0.05, 0) is 65.7 Å². The van der Waals surface area contributed by atoms with E-state index in [-0.39, 0.29) is 0 Å². The van der Waals surface area contributed by atoms with Gasteiger partial charge < -0.3 is 13.9 Å². The average molecular weight is 577 g/mol. The zero-order valence-corrected chi connectivity index (χ0v) is 24.5. The fourth-order valence-electron chi connectivity index (χ4n) is 6.82. The maximum Gasteiger partial charge on any atom is 0.137 e. The van der Waals surface area contributed by atoms with Crippen LogP contribution in [0.25, 0.3) is 60.6 Å². The van der Waals surface area contributed by atoms with E-state index in [4.69, 9.17) is 4.42 Å². The van der Waals surface area contributed by atoms with Crippen LogP contribution in [0.3, 0.4) is 0 Å². The molecule has 3 nitrogen and oxygen atoms in total. The molecule has 0 aliphatic heterocycles. The highest BCUT2D eigenvalue weighted by Crippen LogP contribution is 2.47. The zero-order valence-electron chi connectivity index (χ0n) is 24.5. The second kappa shape index (κ2) is 10.3. The first kappa shape index (κ1) is 25.4. The van der Waals surface area contributed by atoms with Crippen molar-refractivity contribution in [2.75, 3.05) is 4.90 Å². The van der Waals surface area contributed by atoms with Gasteiger partial charge in [-0.1, -0.05) is 109 Å². The van der Waals surface area contributed by atoms with E-state index in [0.29, 0.717) is 0 Å². The maximum absolute atomic E-state index is 6.39. The normalized spacial score (nSPS) is 11.6. The maximum atomic E-state index is 6.39. The van der Waals surface area contributed by atoms with Crippen molar-refractivity contribution in [3.05, 3.63) is 170 Å². The van der Waals surface area contributed by atoms with Gasteiger partial charge in [0.15, 0.2) is 0 Å². The molecule has 2 aromatic heterocycles. The third kappa shape index (κ3) is 4.05. The lowest BCUT2D eigenvalue weighted by Gasteiger charge is -2.27. The standard InChI is InChI=1S/C42H28N2O/c1-4-14-29(15-5-1)33-26-27-38(42-41(33)36-21-10-12-22-37(36)44(42)31-18-8-3-9-19-31)43(30-16-6-2-7-17-30)32-24-25-35-34-20-11-13-23-39(34)45-40(35)28-32/h1-28H. The van der Waals surface area contributed by atoms with Crippen molar-refractivity contribution in [3.8, 4) is 16.8 Å². The van der Waals surface area contributed by atoms with Crippen LogP contribution in [0.15, 0.2) is 174 Å². The second-order valence-corrected chi connectivity index (χ2v) is 11.4. The fourth-order valence-corrected chi connectivity index (χ4v) is 6.82. The number of rotatable bonds is 5. The second-order valence-electron chi connectivity index (χ2n) is 11.4. The summed E-state index contributed by atoms with van der Waals surface area (Å²) in [6, 6.07) is 60.2. The van der Waals surface area contributed by atoms with Crippen LogP contribution >= 0.6 is 0 Å². The SMILES string of the molecule is c1ccc(-c2ccc(N(c3ccccc3)c3ccc4c(c3)oc3ccccc34)c3c2c2ccccc2n3-c2ccccc2)cc1. The van der Waals surface area contributed by atoms with Crippen LogP contribution in [0.4, 0.5) is 17.1 Å². The largest absolute Gasteiger partial charge is 0.456 e. The van der Waals surface area contributed by atoms with Crippen LogP contribution in [0, 0.1) is 0 Å². The lowest BCUT2D eigenvalue weighted by molar-refractivity contribution is 0.669. The molecular weight excluding hydrogens is 548 g/mol. The summed E-state index contributed by atoms with van der Waals surface area (Å²) in [5.41, 5.74) is 10.8. The first-order chi connectivity index (χ1) is 22.3. The predicted octanol–water partition coefficient (Wildman–Crippen LogP) is 11.8. The Labute approximate surface area is 260 Å². The van der Waals surface area contributed by atoms with Gasteiger partial charge in [0.25, 0.3) is 0 Å². The Morgan fingerprint density at radius 1 is 0.467 bits per heavy atom. The molecule has 0 aliphatic carbocycles. The molecule has 0 amide bonds. The van der Waals surface area contributed by atoms with E-state index in [1.165, 1.54) is 27.4 Å². The van der Waals surface area contributed by atoms with Gasteiger partial charge in [0.1, 0.15) is 11.2 Å². The van der Waals surface area contributed by atoms with Crippen LogP contribution in [0.1, 0.15) is 0 Å². The number of hydrogen-bond acceptors (Lipinski definition) is 2. The molecule has 0 saturated carbocycles. The number of fused-ring (bicyclic) bond motifs is 6. The third-order valence-electron chi connectivity index (χ3n) is 8.77. The van der Waals surface area contributed by atoms with E-state index in [1.807, 2.05) is 12.1 Å². The molecule has 0 fully saturated rings. The van der Waals surface area contributed by atoms with Gasteiger partial charge >= 0.3 is 0 Å². The summed E-state index contributed by atoms with van der Waals surface area (Å²) in [6.07, 6.45) is 0. The summed E-state index contributed by atoms with van der Waals surface area (Å²) >= 11 is 0. The molecule has 0 N–H and O–H groups in total. The lowest BCUT2D eigenvalue weighted by atomic mass is 9.98. The summed E-state index contributed by atoms with van der Waals surface area (Å²) in [6.45, 7) is 0. The van der Waals surface area contributed by atoms with Crippen molar-refractivity contribution in [3.63, 3.8) is 0 Å². The Morgan fingerprint density at radius 2 is 1.11 bits per heavy atom. The Hall–Kier alpha value is -6.06. The first-order valence-electron chi connectivity index (χ1n) is 15.3. The molecule has 0 aliphatic rings. The molecule has 0 bridgehead atoms. The van der Waals surface area contributed by atoms with Crippen molar-refractivity contribution in [1.29, 1.82) is 0 Å². The minimum Gasteiger partial charge on any atom is -0.456 e. The fraction of sp³-hybridized carbons (Fsp3) is 0. The van der Waals surface area contributed by atoms with Crippen LogP contribution < -0.4 is 4.90 Å². The quantitative estimate of drug-likeness (QED) is 0.203. The number of furan rings is 1. The lowest BCUT2D eigenvalue weighted by Crippen LogP contribution is -2.11. The van der Waals surface area contributed by atoms with E-state index in [9.17, 15) is 0 Å². The molecule has 212 valence electrons. The molecule has 0 radical (unpaired) electrons. The van der Waals surface area contributed by atoms with Crippen LogP contribution in [-0.4, -0.2) is 4.57 Å². The van der Waals surface area contributed by atoms with Crippen molar-refractivity contribution in [1.82, 2.24) is 4.57 Å². The molecule has 9 rings (SSSR count). The smallest absolute Gasteiger partial charge is 0.137 e. The van der Waals surface area contributed by atoms with Crippen LogP contribution in [0.2, 0.25) is 0 Å². The Balaban J connectivity index is 1.41. The van der Waals surface area contributed by atoms with E-state index in [1.54, 1.807) is 0 Å². The van der Waals surface area contributed by atoms with E-state index >= 15 is 0 Å². The predicted molar refractivity (Wildman–Crippen MR) is 188 cm³/mol. The molecule has 0 unspecified atom stereocenters. The third-order valence-corrected chi connectivity index (χ3v) is 8.77. The summed E-state index contributed by atoms with van der Waals surface area (Å²) in [5.74, 6) is 0. The molecule has 45 heavy (non-hydrogen) atoms. The number of hydrogen-bond donors (Lipinski definition) is 0. The number of aromatic nitrogens is 1. The average Bonchev–Trinajstić information content (AvgIpc) is 3.66. The topological polar surface area (TPSA) is 21.3 Å². The zero-order chi connectivity index (χ0) is 29.7. The Morgan fingerprint density at radius 3 is 1.91 bits per heavy atom. The minimum atomic E-state index is 0.871. The van der Waals surface area contributed by atoms with Crippen LogP contribution in [0.5, 0.6) is 0 Å². The Kier molecular flexibility index (Phi) is 5.82. The number of anilines is 3. The first-order valence-corrected chi connectivity index (χ1v) is 15.3. The summed E-state index contributed by atoms with van der Waals surface area (Å²) in [4.78, 5) is 2.36. The van der Waals surface area contributed by atoms with Crippen molar-refractivity contribution in [2.24, 2.45) is 0 Å². The molecule has 3 heteroatoms. The molecule has 2 heterocycles.